The molecule has 5 heteroatoms. The van der Waals surface area contributed by atoms with Crippen LogP contribution in [0.3, 0.4) is 0 Å². The van der Waals surface area contributed by atoms with Crippen molar-refractivity contribution in [1.82, 2.24) is 10.2 Å². The maximum absolute atomic E-state index is 12.0. The standard InChI is InChI=1S/C13H20N2O3/c1-10-3-4-12(18-10)8-15(2)13(16)7-11-9-17-6-5-14-11/h3-4,11,14H,5-9H2,1-2H3. The first-order chi connectivity index (χ1) is 8.65. The molecule has 1 fully saturated rings. The summed E-state index contributed by atoms with van der Waals surface area (Å²) in [6.45, 7) is 4.57. The molecule has 100 valence electrons. The average Bonchev–Trinajstić information content (AvgIpc) is 2.76. The van der Waals surface area contributed by atoms with E-state index in [2.05, 4.69) is 5.32 Å². The van der Waals surface area contributed by atoms with Gasteiger partial charge in [-0.3, -0.25) is 4.79 Å². The van der Waals surface area contributed by atoms with Crippen molar-refractivity contribution in [2.45, 2.75) is 25.9 Å². The topological polar surface area (TPSA) is 54.7 Å². The van der Waals surface area contributed by atoms with Gasteiger partial charge in [-0.1, -0.05) is 0 Å². The van der Waals surface area contributed by atoms with Crippen molar-refractivity contribution < 1.29 is 13.9 Å². The number of morpholine rings is 1. The third kappa shape index (κ3) is 3.58. The first-order valence-corrected chi connectivity index (χ1v) is 6.25. The van der Waals surface area contributed by atoms with E-state index in [1.807, 2.05) is 19.1 Å². The second-order valence-electron chi connectivity index (χ2n) is 4.69. The molecule has 1 aromatic rings. The first kappa shape index (κ1) is 13.1. The summed E-state index contributed by atoms with van der Waals surface area (Å²) in [5, 5.41) is 3.28. The Morgan fingerprint density at radius 1 is 1.56 bits per heavy atom. The van der Waals surface area contributed by atoms with Crippen molar-refractivity contribution in [2.24, 2.45) is 0 Å². The van der Waals surface area contributed by atoms with Crippen molar-refractivity contribution in [1.29, 1.82) is 0 Å². The fourth-order valence-corrected chi connectivity index (χ4v) is 2.01. The number of hydrogen-bond acceptors (Lipinski definition) is 4. The summed E-state index contributed by atoms with van der Waals surface area (Å²) in [4.78, 5) is 13.7. The number of amides is 1. The lowest BCUT2D eigenvalue weighted by Gasteiger charge is -2.25. The van der Waals surface area contributed by atoms with E-state index in [0.717, 1.165) is 24.7 Å². The molecule has 0 aliphatic carbocycles. The summed E-state index contributed by atoms with van der Waals surface area (Å²) in [6, 6.07) is 3.94. The number of ether oxygens (including phenoxy) is 1. The van der Waals surface area contributed by atoms with E-state index < -0.39 is 0 Å². The molecule has 1 amide bonds. The lowest BCUT2D eigenvalue weighted by molar-refractivity contribution is -0.131. The highest BCUT2D eigenvalue weighted by Crippen LogP contribution is 2.10. The van der Waals surface area contributed by atoms with Gasteiger partial charge in [0.2, 0.25) is 5.91 Å². The van der Waals surface area contributed by atoms with Crippen molar-refractivity contribution in [2.75, 3.05) is 26.8 Å². The largest absolute Gasteiger partial charge is 0.464 e. The van der Waals surface area contributed by atoms with Crippen LogP contribution in [-0.2, 0) is 16.1 Å². The molecule has 1 saturated heterocycles. The quantitative estimate of drug-likeness (QED) is 0.866. The average molecular weight is 252 g/mol. The number of rotatable bonds is 4. The molecule has 1 aromatic heterocycles. The zero-order chi connectivity index (χ0) is 13.0. The molecule has 1 atom stereocenters. The van der Waals surface area contributed by atoms with Gasteiger partial charge >= 0.3 is 0 Å². The van der Waals surface area contributed by atoms with Gasteiger partial charge in [-0.15, -0.1) is 0 Å². The lowest BCUT2D eigenvalue weighted by atomic mass is 10.2. The van der Waals surface area contributed by atoms with Crippen molar-refractivity contribution >= 4 is 5.91 Å². The minimum Gasteiger partial charge on any atom is -0.464 e. The van der Waals surface area contributed by atoms with Crippen molar-refractivity contribution in [3.8, 4) is 0 Å². The van der Waals surface area contributed by atoms with Crippen LogP contribution in [0.1, 0.15) is 17.9 Å². The fourth-order valence-electron chi connectivity index (χ4n) is 2.01. The van der Waals surface area contributed by atoms with Gasteiger partial charge in [0.15, 0.2) is 0 Å². The van der Waals surface area contributed by atoms with Gasteiger partial charge in [0.25, 0.3) is 0 Å². The second-order valence-corrected chi connectivity index (χ2v) is 4.69. The van der Waals surface area contributed by atoms with Crippen LogP contribution in [0.5, 0.6) is 0 Å². The van der Waals surface area contributed by atoms with Crippen LogP contribution in [0.4, 0.5) is 0 Å². The van der Waals surface area contributed by atoms with Gasteiger partial charge < -0.3 is 19.4 Å². The van der Waals surface area contributed by atoms with Gasteiger partial charge in [-0.25, -0.2) is 0 Å². The molecule has 2 heterocycles. The molecular weight excluding hydrogens is 232 g/mol. The maximum atomic E-state index is 12.0. The molecule has 1 N–H and O–H groups in total. The maximum Gasteiger partial charge on any atom is 0.224 e. The SMILES string of the molecule is Cc1ccc(CN(C)C(=O)CC2COCCN2)o1. The molecule has 0 bridgehead atoms. The van der Waals surface area contributed by atoms with Crippen LogP contribution >= 0.6 is 0 Å². The number of hydrogen-bond donors (Lipinski definition) is 1. The smallest absolute Gasteiger partial charge is 0.224 e. The molecule has 5 nitrogen and oxygen atoms in total. The molecule has 0 spiro atoms. The number of nitrogens with zero attached hydrogens (tertiary/aromatic N) is 1. The molecule has 0 radical (unpaired) electrons. The van der Waals surface area contributed by atoms with Gasteiger partial charge in [-0.2, -0.15) is 0 Å². The van der Waals surface area contributed by atoms with Crippen LogP contribution in [0, 0.1) is 6.92 Å². The molecule has 18 heavy (non-hydrogen) atoms. The normalized spacial score (nSPS) is 19.8. The minimum atomic E-state index is 0.104. The van der Waals surface area contributed by atoms with E-state index in [9.17, 15) is 4.79 Å². The van der Waals surface area contributed by atoms with E-state index in [0.29, 0.717) is 19.6 Å². The summed E-state index contributed by atoms with van der Waals surface area (Å²) in [7, 11) is 1.80. The fraction of sp³-hybridized carbons (Fsp3) is 0.615. The van der Waals surface area contributed by atoms with E-state index in [4.69, 9.17) is 9.15 Å². The first-order valence-electron chi connectivity index (χ1n) is 6.25. The molecule has 2 rings (SSSR count). The Hall–Kier alpha value is -1.33. The Labute approximate surface area is 107 Å². The van der Waals surface area contributed by atoms with Crippen LogP contribution in [0.25, 0.3) is 0 Å². The zero-order valence-corrected chi connectivity index (χ0v) is 10.9. The minimum absolute atomic E-state index is 0.104. The molecule has 0 aromatic carbocycles. The Bertz CT molecular complexity index is 397. The Balaban J connectivity index is 1.80. The Kier molecular flexibility index (Phi) is 4.38. The number of carbonyl (C=O) groups excluding carboxylic acids is 1. The zero-order valence-electron chi connectivity index (χ0n) is 10.9. The van der Waals surface area contributed by atoms with Crippen LogP contribution in [-0.4, -0.2) is 43.7 Å². The number of furan rings is 1. The molecule has 1 aliphatic heterocycles. The van der Waals surface area contributed by atoms with Crippen LogP contribution in [0.15, 0.2) is 16.5 Å². The van der Waals surface area contributed by atoms with Crippen LogP contribution in [0.2, 0.25) is 0 Å². The van der Waals surface area contributed by atoms with Gasteiger partial charge in [0.05, 0.1) is 19.8 Å². The van der Waals surface area contributed by atoms with E-state index in [1.165, 1.54) is 0 Å². The summed E-state index contributed by atoms with van der Waals surface area (Å²) >= 11 is 0. The number of carbonyl (C=O) groups is 1. The number of nitrogens with one attached hydrogen (secondary N) is 1. The molecule has 1 unspecified atom stereocenters. The third-order valence-electron chi connectivity index (χ3n) is 3.03. The van der Waals surface area contributed by atoms with Gasteiger partial charge in [-0.05, 0) is 19.1 Å². The third-order valence-corrected chi connectivity index (χ3v) is 3.03. The molecular formula is C13H20N2O3. The van der Waals surface area contributed by atoms with Crippen LogP contribution < -0.4 is 5.32 Å². The summed E-state index contributed by atoms with van der Waals surface area (Å²) in [5.74, 6) is 1.79. The summed E-state index contributed by atoms with van der Waals surface area (Å²) in [6.07, 6.45) is 0.468. The van der Waals surface area contributed by atoms with Gasteiger partial charge in [0.1, 0.15) is 11.5 Å². The highest BCUT2D eigenvalue weighted by molar-refractivity contribution is 5.76. The van der Waals surface area contributed by atoms with E-state index >= 15 is 0 Å². The highest BCUT2D eigenvalue weighted by atomic mass is 16.5. The predicted octanol–water partition coefficient (Wildman–Crippen LogP) is 0.925. The predicted molar refractivity (Wildman–Crippen MR) is 67.1 cm³/mol. The number of aryl methyl sites for hydroxylation is 1. The van der Waals surface area contributed by atoms with Gasteiger partial charge in [0, 0.05) is 26.1 Å². The summed E-state index contributed by atoms with van der Waals surface area (Å²) in [5.41, 5.74) is 0. The lowest BCUT2D eigenvalue weighted by Crippen LogP contribution is -2.44. The molecule has 0 saturated carbocycles. The monoisotopic (exact) mass is 252 g/mol. The van der Waals surface area contributed by atoms with E-state index in [-0.39, 0.29) is 11.9 Å². The van der Waals surface area contributed by atoms with Crippen molar-refractivity contribution in [3.05, 3.63) is 23.7 Å². The van der Waals surface area contributed by atoms with Crippen molar-refractivity contribution in [3.63, 3.8) is 0 Å². The van der Waals surface area contributed by atoms with E-state index in [1.54, 1.807) is 11.9 Å². The highest BCUT2D eigenvalue weighted by Gasteiger charge is 2.19. The Morgan fingerprint density at radius 2 is 2.39 bits per heavy atom. The summed E-state index contributed by atoms with van der Waals surface area (Å²) < 4.78 is 10.8. The molecule has 1 aliphatic rings. The Morgan fingerprint density at radius 3 is 3.00 bits per heavy atom. The second kappa shape index (κ2) is 6.02.